The number of hydrogen-bond acceptors (Lipinski definition) is 3. The monoisotopic (exact) mass is 245 g/mol. The molecule has 4 nitrogen and oxygen atoms in total. The Kier molecular flexibility index (Phi) is 3.19. The summed E-state index contributed by atoms with van der Waals surface area (Å²) >= 11 is 0. The molecule has 0 unspecified atom stereocenters. The molecule has 2 aromatic rings. The van der Waals surface area contributed by atoms with Crippen LogP contribution in [0.3, 0.4) is 0 Å². The lowest BCUT2D eigenvalue weighted by Crippen LogP contribution is -2.19. The van der Waals surface area contributed by atoms with Crippen LogP contribution in [0.1, 0.15) is 42.7 Å². The molecule has 0 spiro atoms. The molecule has 2 rings (SSSR count). The molecule has 2 heterocycles. The first-order chi connectivity index (χ1) is 8.50. The van der Waals surface area contributed by atoms with Crippen LogP contribution in [0.2, 0.25) is 0 Å². The van der Waals surface area contributed by atoms with E-state index in [1.807, 2.05) is 19.9 Å². The van der Waals surface area contributed by atoms with Gasteiger partial charge in [-0.1, -0.05) is 13.8 Å². The van der Waals surface area contributed by atoms with Crippen molar-refractivity contribution in [2.24, 2.45) is 0 Å². The Morgan fingerprint density at radius 1 is 1.39 bits per heavy atom. The van der Waals surface area contributed by atoms with Gasteiger partial charge in [-0.15, -0.1) is 0 Å². The second kappa shape index (κ2) is 4.64. The highest BCUT2D eigenvalue weighted by Crippen LogP contribution is 2.27. The van der Waals surface area contributed by atoms with Crippen molar-refractivity contribution in [3.8, 4) is 11.3 Å². The van der Waals surface area contributed by atoms with Crippen molar-refractivity contribution < 1.29 is 9.21 Å². The van der Waals surface area contributed by atoms with Crippen molar-refractivity contribution in [1.29, 1.82) is 0 Å². The molecule has 0 fully saturated rings. The third-order valence-corrected chi connectivity index (χ3v) is 2.81. The van der Waals surface area contributed by atoms with Crippen molar-refractivity contribution in [2.45, 2.75) is 26.7 Å². The van der Waals surface area contributed by atoms with Gasteiger partial charge < -0.3 is 9.40 Å². The van der Waals surface area contributed by atoms with Crippen LogP contribution in [0, 0.1) is 0 Å². The number of pyridine rings is 1. The first kappa shape index (κ1) is 12.4. The molecule has 0 bridgehead atoms. The molecule has 18 heavy (non-hydrogen) atoms. The Bertz CT molecular complexity index is 621. The summed E-state index contributed by atoms with van der Waals surface area (Å²) in [5.74, 6) is 0.538. The molecule has 1 N–H and O–H groups in total. The number of hydrogen-bond donors (Lipinski definition) is 1. The Hall–Kier alpha value is -2.10. The number of carbonyl (C=O) groups excluding carboxylic acids is 1. The van der Waals surface area contributed by atoms with Crippen LogP contribution in [-0.2, 0) is 0 Å². The number of furan rings is 1. The van der Waals surface area contributed by atoms with E-state index in [-0.39, 0.29) is 22.8 Å². The zero-order chi connectivity index (χ0) is 13.3. The molecule has 0 atom stereocenters. The summed E-state index contributed by atoms with van der Waals surface area (Å²) < 4.78 is 5.35. The fourth-order valence-electron chi connectivity index (χ4n) is 1.90. The molecule has 0 radical (unpaired) electrons. The van der Waals surface area contributed by atoms with Gasteiger partial charge in [0.15, 0.2) is 5.78 Å². The van der Waals surface area contributed by atoms with E-state index in [2.05, 4.69) is 4.98 Å². The summed E-state index contributed by atoms with van der Waals surface area (Å²) in [5.41, 5.74) is 1.35. The quantitative estimate of drug-likeness (QED) is 0.845. The third-order valence-electron chi connectivity index (χ3n) is 2.81. The van der Waals surface area contributed by atoms with Gasteiger partial charge in [0, 0.05) is 11.3 Å². The van der Waals surface area contributed by atoms with Crippen molar-refractivity contribution in [1.82, 2.24) is 4.98 Å². The number of rotatable bonds is 3. The maximum absolute atomic E-state index is 11.8. The van der Waals surface area contributed by atoms with Gasteiger partial charge in [-0.3, -0.25) is 9.59 Å². The molecular weight excluding hydrogens is 230 g/mol. The van der Waals surface area contributed by atoms with Gasteiger partial charge in [0.1, 0.15) is 5.76 Å². The van der Waals surface area contributed by atoms with E-state index in [0.29, 0.717) is 5.76 Å². The number of aromatic amines is 1. The Morgan fingerprint density at radius 3 is 2.61 bits per heavy atom. The zero-order valence-electron chi connectivity index (χ0n) is 10.6. The number of ketones is 1. The highest BCUT2D eigenvalue weighted by Gasteiger charge is 2.16. The maximum Gasteiger partial charge on any atom is 0.259 e. The average Bonchev–Trinajstić information content (AvgIpc) is 2.81. The van der Waals surface area contributed by atoms with Crippen LogP contribution >= 0.6 is 0 Å². The average molecular weight is 245 g/mol. The largest absolute Gasteiger partial charge is 0.464 e. The lowest BCUT2D eigenvalue weighted by atomic mass is 9.99. The summed E-state index contributed by atoms with van der Waals surface area (Å²) in [6.45, 7) is 5.34. The van der Waals surface area contributed by atoms with Crippen molar-refractivity contribution in [3.05, 3.63) is 46.1 Å². The molecule has 0 saturated heterocycles. The summed E-state index contributed by atoms with van der Waals surface area (Å²) in [6, 6.07) is 5.19. The topological polar surface area (TPSA) is 63.1 Å². The van der Waals surface area contributed by atoms with Gasteiger partial charge in [0.05, 0.1) is 11.8 Å². The molecule has 0 aliphatic rings. The minimum Gasteiger partial charge on any atom is -0.464 e. The van der Waals surface area contributed by atoms with Crippen LogP contribution in [0.15, 0.2) is 33.7 Å². The van der Waals surface area contributed by atoms with Crippen LogP contribution in [0.5, 0.6) is 0 Å². The lowest BCUT2D eigenvalue weighted by molar-refractivity contribution is 0.101. The number of aromatic nitrogens is 1. The molecule has 2 aromatic heterocycles. The number of H-pyrrole nitrogens is 1. The van der Waals surface area contributed by atoms with Crippen molar-refractivity contribution >= 4 is 5.78 Å². The number of nitrogens with one attached hydrogen (secondary N) is 1. The van der Waals surface area contributed by atoms with Crippen molar-refractivity contribution in [3.63, 3.8) is 0 Å². The second-order valence-corrected chi connectivity index (χ2v) is 4.53. The number of Topliss-reactive ketones (excluding diaryl/α,β-unsaturated/α-hetero) is 1. The fraction of sp³-hybridized carbons (Fsp3) is 0.286. The Morgan fingerprint density at radius 2 is 2.11 bits per heavy atom. The first-order valence-corrected chi connectivity index (χ1v) is 5.82. The molecule has 0 saturated carbocycles. The predicted molar refractivity (Wildman–Crippen MR) is 68.9 cm³/mol. The van der Waals surface area contributed by atoms with Crippen LogP contribution in [0.4, 0.5) is 0 Å². The van der Waals surface area contributed by atoms with Crippen LogP contribution in [-0.4, -0.2) is 10.8 Å². The highest BCUT2D eigenvalue weighted by molar-refractivity contribution is 5.94. The van der Waals surface area contributed by atoms with Gasteiger partial charge >= 0.3 is 0 Å². The van der Waals surface area contributed by atoms with Gasteiger partial charge in [-0.05, 0) is 31.0 Å². The van der Waals surface area contributed by atoms with E-state index in [4.69, 9.17) is 4.42 Å². The summed E-state index contributed by atoms with van der Waals surface area (Å²) in [7, 11) is 0. The predicted octanol–water partition coefficient (Wildman–Crippen LogP) is 2.96. The summed E-state index contributed by atoms with van der Waals surface area (Å²) in [5, 5.41) is 0. The van der Waals surface area contributed by atoms with E-state index in [1.165, 1.54) is 6.92 Å². The standard InChI is InChI=1S/C14H15NO3/c1-8(2)13-11(12-5-4-6-18-12)7-10(9(3)16)14(17)15-13/h4-8H,1-3H3,(H,15,17). The van der Waals surface area contributed by atoms with Gasteiger partial charge in [0.25, 0.3) is 5.56 Å². The minimum absolute atomic E-state index is 0.138. The molecule has 0 aliphatic carbocycles. The van der Waals surface area contributed by atoms with E-state index in [9.17, 15) is 9.59 Å². The highest BCUT2D eigenvalue weighted by atomic mass is 16.3. The van der Waals surface area contributed by atoms with E-state index in [1.54, 1.807) is 18.4 Å². The molecule has 94 valence electrons. The molecule has 0 aromatic carbocycles. The second-order valence-electron chi connectivity index (χ2n) is 4.53. The smallest absolute Gasteiger partial charge is 0.259 e. The molecule has 0 amide bonds. The summed E-state index contributed by atoms with van der Waals surface area (Å²) in [6.07, 6.45) is 1.57. The van der Waals surface area contributed by atoms with Crippen molar-refractivity contribution in [2.75, 3.05) is 0 Å². The van der Waals surface area contributed by atoms with Gasteiger partial charge in [0.2, 0.25) is 0 Å². The lowest BCUT2D eigenvalue weighted by Gasteiger charge is -2.11. The van der Waals surface area contributed by atoms with E-state index in [0.717, 1.165) is 11.3 Å². The molecule has 4 heteroatoms. The zero-order valence-corrected chi connectivity index (χ0v) is 10.6. The minimum atomic E-state index is -0.346. The van der Waals surface area contributed by atoms with E-state index < -0.39 is 0 Å². The Labute approximate surface area is 105 Å². The normalized spacial score (nSPS) is 10.9. The van der Waals surface area contributed by atoms with Crippen LogP contribution in [0.25, 0.3) is 11.3 Å². The van der Waals surface area contributed by atoms with Crippen LogP contribution < -0.4 is 5.56 Å². The maximum atomic E-state index is 11.8. The summed E-state index contributed by atoms with van der Waals surface area (Å²) in [4.78, 5) is 26.0. The van der Waals surface area contributed by atoms with E-state index >= 15 is 0 Å². The third kappa shape index (κ3) is 2.14. The molecule has 0 aliphatic heterocycles. The first-order valence-electron chi connectivity index (χ1n) is 5.82. The number of carbonyl (C=O) groups is 1. The fourth-order valence-corrected chi connectivity index (χ4v) is 1.90. The van der Waals surface area contributed by atoms with Gasteiger partial charge in [-0.25, -0.2) is 0 Å². The van der Waals surface area contributed by atoms with Gasteiger partial charge in [-0.2, -0.15) is 0 Å². The molecular formula is C14H15NO3. The SMILES string of the molecule is CC(=O)c1cc(-c2ccco2)c(C(C)C)[nH]c1=O. The Balaban J connectivity index is 2.72.